The van der Waals surface area contributed by atoms with Crippen LogP contribution >= 0.6 is 12.2 Å². The lowest BCUT2D eigenvalue weighted by Gasteiger charge is -1.98. The normalized spacial score (nSPS) is 10.7. The predicted octanol–water partition coefficient (Wildman–Crippen LogP) is 1.36. The molecule has 0 aliphatic carbocycles. The van der Waals surface area contributed by atoms with Gasteiger partial charge in [0.2, 0.25) is 5.55 Å². The average Bonchev–Trinajstić information content (AvgIpc) is 1.30. The summed E-state index contributed by atoms with van der Waals surface area (Å²) < 4.78 is 34.9. The minimum atomic E-state index is -4.66. The molecule has 0 atom stereocenters. The van der Waals surface area contributed by atoms with Crippen molar-refractivity contribution in [1.82, 2.24) is 0 Å². The molecule has 0 spiro atoms. The van der Waals surface area contributed by atoms with E-state index >= 15 is 0 Å². The van der Waals surface area contributed by atoms with E-state index in [9.17, 15) is 13.2 Å². The molecule has 41 valence electrons. The fourth-order valence-electron chi connectivity index (χ4n) is 0.0472. The monoisotopic (exact) mass is 129 g/mol. The second-order valence-corrected chi connectivity index (χ2v) is 0.798. The molecule has 5 heteroatoms. The highest BCUT2D eigenvalue weighted by Crippen LogP contribution is 2.13. The minimum Gasteiger partial charge on any atom is -0.390 e. The van der Waals surface area contributed by atoms with E-state index in [2.05, 4.69) is 17.0 Å². The van der Waals surface area contributed by atoms with Gasteiger partial charge in [0.05, 0.1) is 0 Å². The third kappa shape index (κ3) is 5.68. The van der Waals surface area contributed by atoms with Crippen LogP contribution in [-0.2, 0) is 4.74 Å². The van der Waals surface area contributed by atoms with E-state index in [0.29, 0.717) is 0 Å². The van der Waals surface area contributed by atoms with Crippen LogP contribution in [0.5, 0.6) is 0 Å². The largest absolute Gasteiger partial charge is 0.573 e. The van der Waals surface area contributed by atoms with Gasteiger partial charge < -0.3 is 4.74 Å². The molecule has 0 aromatic carbocycles. The number of rotatable bonds is 1. The third-order valence-corrected chi connectivity index (χ3v) is 0.241. The van der Waals surface area contributed by atoms with E-state index in [4.69, 9.17) is 0 Å². The number of halogens is 3. The molecule has 0 aromatic heterocycles. The molecule has 0 N–H and O–H groups in total. The Kier molecular flexibility index (Phi) is 2.01. The Hall–Kier alpha value is -0.320. The average molecular weight is 129 g/mol. The van der Waals surface area contributed by atoms with Crippen molar-refractivity contribution in [3.8, 4) is 0 Å². The van der Waals surface area contributed by atoms with Gasteiger partial charge in [-0.25, -0.2) is 0 Å². The molecule has 0 fully saturated rings. The predicted molar refractivity (Wildman–Crippen MR) is 19.7 cm³/mol. The van der Waals surface area contributed by atoms with Crippen LogP contribution in [0.4, 0.5) is 13.2 Å². The molecule has 0 aromatic rings. The summed E-state index contributed by atoms with van der Waals surface area (Å²) in [5, 5.41) is 0. The maximum absolute atomic E-state index is 10.7. The summed E-state index contributed by atoms with van der Waals surface area (Å²) in [6.45, 7) is 0. The molecular formula is C2F3OS. The lowest BCUT2D eigenvalue weighted by Crippen LogP contribution is -2.10. The van der Waals surface area contributed by atoms with Crippen molar-refractivity contribution in [2.45, 2.75) is 6.36 Å². The second-order valence-electron chi connectivity index (χ2n) is 0.631. The summed E-state index contributed by atoms with van der Waals surface area (Å²) in [6.07, 6.45) is -4.66. The standard InChI is InChI=1S/C2F3OS/c3-2(4,5)6-1-7. The second kappa shape index (κ2) is 2.11. The summed E-state index contributed by atoms with van der Waals surface area (Å²) in [6, 6.07) is 0. The van der Waals surface area contributed by atoms with E-state index in [1.54, 1.807) is 0 Å². The number of thiocarbonyl (C=S) groups is 1. The number of alkyl halides is 3. The zero-order valence-electron chi connectivity index (χ0n) is 2.95. The summed E-state index contributed by atoms with van der Waals surface area (Å²) in [5.41, 5.74) is 1.07. The van der Waals surface area contributed by atoms with Crippen molar-refractivity contribution < 1.29 is 17.9 Å². The highest BCUT2D eigenvalue weighted by molar-refractivity contribution is 7.78. The first-order valence-electron chi connectivity index (χ1n) is 1.18. The molecule has 0 heterocycles. The summed E-state index contributed by atoms with van der Waals surface area (Å²) in [7, 11) is 0. The van der Waals surface area contributed by atoms with Crippen molar-refractivity contribution >= 4 is 17.8 Å². The minimum absolute atomic E-state index is 1.07. The molecule has 0 saturated carbocycles. The highest BCUT2D eigenvalue weighted by atomic mass is 32.1. The zero-order valence-corrected chi connectivity index (χ0v) is 3.77. The van der Waals surface area contributed by atoms with Gasteiger partial charge in [0.1, 0.15) is 0 Å². The van der Waals surface area contributed by atoms with Crippen LogP contribution in [0.3, 0.4) is 0 Å². The van der Waals surface area contributed by atoms with Gasteiger partial charge in [0.15, 0.2) is 0 Å². The molecule has 1 radical (unpaired) electrons. The molecular weight excluding hydrogens is 129 g/mol. The van der Waals surface area contributed by atoms with E-state index in [0.717, 1.165) is 5.55 Å². The number of hydrogen-bond acceptors (Lipinski definition) is 2. The van der Waals surface area contributed by atoms with E-state index in [-0.39, 0.29) is 0 Å². The van der Waals surface area contributed by atoms with Gasteiger partial charge in [-0.3, -0.25) is 0 Å². The summed E-state index contributed by atoms with van der Waals surface area (Å²) in [5.74, 6) is 0. The van der Waals surface area contributed by atoms with Crippen molar-refractivity contribution in [3.63, 3.8) is 0 Å². The van der Waals surface area contributed by atoms with Crippen LogP contribution in [0.25, 0.3) is 0 Å². The Balaban J connectivity index is 3.34. The van der Waals surface area contributed by atoms with Crippen LogP contribution in [0, 0.1) is 0 Å². The lowest BCUT2D eigenvalue weighted by atomic mass is 11.3. The first kappa shape index (κ1) is 6.68. The van der Waals surface area contributed by atoms with E-state index in [1.165, 1.54) is 0 Å². The molecule has 7 heavy (non-hydrogen) atoms. The van der Waals surface area contributed by atoms with E-state index in [1.807, 2.05) is 0 Å². The molecule has 0 rings (SSSR count). The molecule has 0 bridgehead atoms. The smallest absolute Gasteiger partial charge is 0.390 e. The Morgan fingerprint density at radius 1 is 1.43 bits per heavy atom. The topological polar surface area (TPSA) is 9.23 Å². The van der Waals surface area contributed by atoms with Crippen molar-refractivity contribution in [1.29, 1.82) is 0 Å². The fourth-order valence-corrected chi connectivity index (χ4v) is 0.142. The molecule has 0 aliphatic heterocycles. The quantitative estimate of drug-likeness (QED) is 0.494. The maximum Gasteiger partial charge on any atom is 0.573 e. The van der Waals surface area contributed by atoms with Crippen LogP contribution in [0.1, 0.15) is 0 Å². The van der Waals surface area contributed by atoms with Crippen LogP contribution < -0.4 is 0 Å². The molecule has 0 aliphatic rings. The summed E-state index contributed by atoms with van der Waals surface area (Å²) in [4.78, 5) is 0. The van der Waals surface area contributed by atoms with Gasteiger partial charge in [0, 0.05) is 0 Å². The molecule has 0 saturated heterocycles. The van der Waals surface area contributed by atoms with Gasteiger partial charge in [-0.1, -0.05) is 0 Å². The SMILES string of the molecule is FC(F)(F)O[C]=S. The molecule has 0 amide bonds. The van der Waals surface area contributed by atoms with Gasteiger partial charge in [-0.15, -0.1) is 13.2 Å². The third-order valence-electron chi connectivity index (χ3n) is 0.157. The van der Waals surface area contributed by atoms with Crippen molar-refractivity contribution in [2.75, 3.05) is 0 Å². The fraction of sp³-hybridized carbons (Fsp3) is 0.500. The van der Waals surface area contributed by atoms with Crippen LogP contribution in [0.15, 0.2) is 0 Å². The Labute approximate surface area is 43.1 Å². The highest BCUT2D eigenvalue weighted by Gasteiger charge is 2.29. The first-order valence-corrected chi connectivity index (χ1v) is 1.59. The van der Waals surface area contributed by atoms with Gasteiger partial charge in [-0.2, -0.15) is 0 Å². The lowest BCUT2D eigenvalue weighted by molar-refractivity contribution is -0.279. The molecule has 1 nitrogen and oxygen atoms in total. The molecule has 0 unspecified atom stereocenters. The van der Waals surface area contributed by atoms with Crippen molar-refractivity contribution in [3.05, 3.63) is 0 Å². The van der Waals surface area contributed by atoms with Crippen molar-refractivity contribution in [2.24, 2.45) is 0 Å². The Morgan fingerprint density at radius 3 is 1.86 bits per heavy atom. The maximum atomic E-state index is 10.7. The van der Waals surface area contributed by atoms with Crippen LogP contribution in [0.2, 0.25) is 0 Å². The zero-order chi connectivity index (χ0) is 5.91. The Bertz CT molecular complexity index is 67.8. The van der Waals surface area contributed by atoms with Gasteiger partial charge >= 0.3 is 6.36 Å². The number of ether oxygens (including phenoxy) is 1. The van der Waals surface area contributed by atoms with E-state index < -0.39 is 6.36 Å². The van der Waals surface area contributed by atoms with Gasteiger partial charge in [0.25, 0.3) is 0 Å². The number of hydrogen-bond donors (Lipinski definition) is 0. The first-order chi connectivity index (χ1) is 3.06. The van der Waals surface area contributed by atoms with Gasteiger partial charge in [-0.05, 0) is 12.2 Å². The van der Waals surface area contributed by atoms with Crippen LogP contribution in [-0.4, -0.2) is 11.9 Å². The Morgan fingerprint density at radius 2 is 1.86 bits per heavy atom. The summed E-state index contributed by atoms with van der Waals surface area (Å²) >= 11 is 3.61.